The van der Waals surface area contributed by atoms with Crippen LogP contribution in [0.15, 0.2) is 16.5 Å². The van der Waals surface area contributed by atoms with Crippen LogP contribution in [0.25, 0.3) is 0 Å². The van der Waals surface area contributed by atoms with Crippen molar-refractivity contribution >= 4 is 11.8 Å². The lowest BCUT2D eigenvalue weighted by Crippen LogP contribution is -2.51. The van der Waals surface area contributed by atoms with Crippen LogP contribution in [0, 0.1) is 12.8 Å². The monoisotopic (exact) mass is 319 g/mol. The zero-order valence-electron chi connectivity index (χ0n) is 14.1. The van der Waals surface area contributed by atoms with Crippen LogP contribution in [0.4, 0.5) is 0 Å². The van der Waals surface area contributed by atoms with E-state index >= 15 is 0 Å². The summed E-state index contributed by atoms with van der Waals surface area (Å²) in [4.78, 5) is 30.3. The molecule has 0 radical (unpaired) electrons. The molecule has 23 heavy (non-hydrogen) atoms. The van der Waals surface area contributed by atoms with E-state index in [-0.39, 0.29) is 30.3 Å². The molecule has 6 heteroatoms. The van der Waals surface area contributed by atoms with Crippen LogP contribution < -0.4 is 0 Å². The molecule has 0 spiro atoms. The number of carbonyl (C=O) groups is 2. The van der Waals surface area contributed by atoms with Gasteiger partial charge >= 0.3 is 0 Å². The normalized spacial score (nSPS) is 24.8. The van der Waals surface area contributed by atoms with E-state index in [2.05, 4.69) is 4.90 Å². The van der Waals surface area contributed by atoms with Crippen molar-refractivity contribution in [1.82, 2.24) is 14.7 Å². The number of amides is 2. The van der Waals surface area contributed by atoms with Gasteiger partial charge in [0.25, 0.3) is 0 Å². The maximum absolute atomic E-state index is 12.7. The van der Waals surface area contributed by atoms with Crippen molar-refractivity contribution in [2.75, 3.05) is 33.7 Å². The average Bonchev–Trinajstić information content (AvgIpc) is 2.73. The second-order valence-electron chi connectivity index (χ2n) is 6.89. The third-order valence-corrected chi connectivity index (χ3v) is 4.85. The summed E-state index contributed by atoms with van der Waals surface area (Å²) in [7, 11) is 3.46. The summed E-state index contributed by atoms with van der Waals surface area (Å²) < 4.78 is 5.67. The van der Waals surface area contributed by atoms with Gasteiger partial charge in [0.1, 0.15) is 18.1 Å². The van der Waals surface area contributed by atoms with Gasteiger partial charge in [-0.2, -0.15) is 0 Å². The number of hydrogen-bond donors (Lipinski definition) is 0. The molecular weight excluding hydrogens is 294 g/mol. The maximum Gasteiger partial charge on any atom is 0.241 e. The second kappa shape index (κ2) is 6.35. The molecule has 3 aliphatic heterocycles. The lowest BCUT2D eigenvalue weighted by molar-refractivity contribution is -0.145. The highest BCUT2D eigenvalue weighted by Gasteiger charge is 2.41. The molecule has 0 aliphatic carbocycles. The summed E-state index contributed by atoms with van der Waals surface area (Å²) in [6.45, 7) is 4.42. The SMILES string of the molecule is Cc1ccc(CN2C[C@H]3CC[C@@H](C2)N(CC(=O)N(C)C)C3=O)o1. The van der Waals surface area contributed by atoms with E-state index in [1.165, 1.54) is 0 Å². The molecule has 1 aromatic rings. The van der Waals surface area contributed by atoms with Crippen molar-refractivity contribution in [2.24, 2.45) is 5.92 Å². The molecule has 2 amide bonds. The number of furan rings is 1. The smallest absolute Gasteiger partial charge is 0.241 e. The lowest BCUT2D eigenvalue weighted by Gasteiger charge is -2.36. The molecule has 0 N–H and O–H groups in total. The zero-order valence-corrected chi connectivity index (χ0v) is 14.1. The molecule has 3 aliphatic rings. The number of likely N-dealkylation sites (N-methyl/N-ethyl adjacent to an activating group) is 1. The Kier molecular flexibility index (Phi) is 4.43. The highest BCUT2D eigenvalue weighted by atomic mass is 16.3. The quantitative estimate of drug-likeness (QED) is 0.834. The summed E-state index contributed by atoms with van der Waals surface area (Å²) in [5.41, 5.74) is 0. The van der Waals surface area contributed by atoms with Crippen LogP contribution in [0.1, 0.15) is 24.4 Å². The summed E-state index contributed by atoms with van der Waals surface area (Å²) in [6.07, 6.45) is 1.90. The molecule has 0 saturated carbocycles. The van der Waals surface area contributed by atoms with Crippen LogP contribution in [-0.4, -0.2) is 66.3 Å². The van der Waals surface area contributed by atoms with Crippen molar-refractivity contribution < 1.29 is 14.0 Å². The molecule has 4 heterocycles. The largest absolute Gasteiger partial charge is 0.465 e. The van der Waals surface area contributed by atoms with Crippen molar-refractivity contribution in [3.63, 3.8) is 0 Å². The fourth-order valence-electron chi connectivity index (χ4n) is 3.54. The molecule has 6 nitrogen and oxygen atoms in total. The second-order valence-corrected chi connectivity index (χ2v) is 6.89. The molecule has 0 unspecified atom stereocenters. The number of hydrogen-bond acceptors (Lipinski definition) is 4. The Morgan fingerprint density at radius 2 is 2.09 bits per heavy atom. The minimum absolute atomic E-state index is 0.000212. The van der Waals surface area contributed by atoms with Crippen LogP contribution in [0.3, 0.4) is 0 Å². The van der Waals surface area contributed by atoms with Gasteiger partial charge in [-0.1, -0.05) is 0 Å². The third-order valence-electron chi connectivity index (χ3n) is 4.85. The van der Waals surface area contributed by atoms with Gasteiger partial charge in [0.2, 0.25) is 11.8 Å². The molecule has 3 fully saturated rings. The first-order chi connectivity index (χ1) is 10.9. The number of rotatable bonds is 4. The van der Waals surface area contributed by atoms with Crippen molar-refractivity contribution in [2.45, 2.75) is 32.4 Å². The molecule has 2 atom stereocenters. The number of aryl methyl sites for hydroxylation is 1. The molecular formula is C17H25N3O3. The Balaban J connectivity index is 1.71. The van der Waals surface area contributed by atoms with Crippen molar-refractivity contribution in [3.8, 4) is 0 Å². The van der Waals surface area contributed by atoms with Gasteiger partial charge in [0.05, 0.1) is 12.5 Å². The molecule has 126 valence electrons. The first-order valence-corrected chi connectivity index (χ1v) is 8.22. The lowest BCUT2D eigenvalue weighted by atomic mass is 9.94. The Bertz CT molecular complexity index is 596. The third kappa shape index (κ3) is 3.42. The molecule has 3 saturated heterocycles. The van der Waals surface area contributed by atoms with Crippen molar-refractivity contribution in [3.05, 3.63) is 23.7 Å². The van der Waals surface area contributed by atoms with Gasteiger partial charge < -0.3 is 14.2 Å². The Hall–Kier alpha value is -1.82. The first kappa shape index (κ1) is 16.1. The van der Waals surface area contributed by atoms with Gasteiger partial charge in [-0.3, -0.25) is 14.5 Å². The Labute approximate surface area is 137 Å². The molecule has 2 bridgehead atoms. The van der Waals surface area contributed by atoms with Crippen LogP contribution in [0.2, 0.25) is 0 Å². The minimum atomic E-state index is -0.0147. The number of nitrogens with zero attached hydrogens (tertiary/aromatic N) is 3. The zero-order chi connectivity index (χ0) is 16.6. The van der Waals surface area contributed by atoms with E-state index in [1.54, 1.807) is 23.9 Å². The topological polar surface area (TPSA) is 57.0 Å². The van der Waals surface area contributed by atoms with E-state index in [0.717, 1.165) is 44.0 Å². The summed E-state index contributed by atoms with van der Waals surface area (Å²) >= 11 is 0. The molecule has 1 aromatic heterocycles. The van der Waals surface area contributed by atoms with E-state index in [1.807, 2.05) is 19.1 Å². The van der Waals surface area contributed by atoms with Crippen LogP contribution >= 0.6 is 0 Å². The van der Waals surface area contributed by atoms with Gasteiger partial charge in [-0.05, 0) is 31.9 Å². The molecule has 0 aromatic carbocycles. The Morgan fingerprint density at radius 3 is 2.74 bits per heavy atom. The van der Waals surface area contributed by atoms with Crippen molar-refractivity contribution in [1.29, 1.82) is 0 Å². The van der Waals surface area contributed by atoms with E-state index in [4.69, 9.17) is 4.42 Å². The number of piperidine rings is 1. The Morgan fingerprint density at radius 1 is 1.30 bits per heavy atom. The average molecular weight is 319 g/mol. The van der Waals surface area contributed by atoms with Gasteiger partial charge in [0, 0.05) is 33.2 Å². The molecule has 4 rings (SSSR count). The number of carbonyl (C=O) groups excluding carboxylic acids is 2. The summed E-state index contributed by atoms with van der Waals surface area (Å²) in [6, 6.07) is 4.09. The highest BCUT2D eigenvalue weighted by Crippen LogP contribution is 2.30. The van der Waals surface area contributed by atoms with E-state index in [9.17, 15) is 9.59 Å². The fourth-order valence-corrected chi connectivity index (χ4v) is 3.54. The number of fused-ring (bicyclic) bond motifs is 4. The van der Waals surface area contributed by atoms with E-state index < -0.39 is 0 Å². The summed E-state index contributed by atoms with van der Waals surface area (Å²) in [5, 5.41) is 0. The van der Waals surface area contributed by atoms with Crippen LogP contribution in [-0.2, 0) is 16.1 Å². The van der Waals surface area contributed by atoms with E-state index in [0.29, 0.717) is 0 Å². The predicted octanol–water partition coefficient (Wildman–Crippen LogP) is 1.10. The fraction of sp³-hybridized carbons (Fsp3) is 0.647. The van der Waals surface area contributed by atoms with Crippen LogP contribution in [0.5, 0.6) is 0 Å². The standard InChI is InChI=1S/C17H25N3O3/c1-12-4-7-15(23-12)10-19-8-13-5-6-14(9-19)20(17(13)22)11-16(21)18(2)3/h4,7,13-14H,5-6,8-11H2,1-3H3/t13-,14+/m1/s1. The maximum atomic E-state index is 12.7. The van der Waals surface area contributed by atoms with Gasteiger partial charge in [0.15, 0.2) is 0 Å². The van der Waals surface area contributed by atoms with Gasteiger partial charge in [-0.15, -0.1) is 0 Å². The predicted molar refractivity (Wildman–Crippen MR) is 85.6 cm³/mol. The summed E-state index contributed by atoms with van der Waals surface area (Å²) in [5.74, 6) is 1.97. The highest BCUT2D eigenvalue weighted by molar-refractivity contribution is 5.86. The minimum Gasteiger partial charge on any atom is -0.465 e. The van der Waals surface area contributed by atoms with Gasteiger partial charge in [-0.25, -0.2) is 0 Å². The first-order valence-electron chi connectivity index (χ1n) is 8.22.